The van der Waals surface area contributed by atoms with Gasteiger partial charge in [0.25, 0.3) is 5.56 Å². The molecule has 34 heavy (non-hydrogen) atoms. The van der Waals surface area contributed by atoms with Crippen LogP contribution in [0.15, 0.2) is 59.4 Å². The Morgan fingerprint density at radius 1 is 0.971 bits per heavy atom. The summed E-state index contributed by atoms with van der Waals surface area (Å²) in [6.07, 6.45) is -0.632. The van der Waals surface area contributed by atoms with Gasteiger partial charge in [-0.3, -0.25) is 14.1 Å². The van der Waals surface area contributed by atoms with E-state index in [1.54, 1.807) is 11.3 Å². The van der Waals surface area contributed by atoms with Crippen LogP contribution in [-0.4, -0.2) is 57.8 Å². The molecule has 0 bridgehead atoms. The highest BCUT2D eigenvalue weighted by molar-refractivity contribution is 5.84. The van der Waals surface area contributed by atoms with Gasteiger partial charge >= 0.3 is 0 Å². The predicted molar refractivity (Wildman–Crippen MR) is 134 cm³/mol. The van der Waals surface area contributed by atoms with E-state index in [1.807, 2.05) is 28.8 Å². The Hall–Kier alpha value is -3.60. The topological polar surface area (TPSA) is 76.9 Å². The minimum atomic E-state index is -0.632. The maximum atomic E-state index is 12.8. The number of anilines is 1. The minimum absolute atomic E-state index is 0.164. The number of rotatable bonds is 5. The van der Waals surface area contributed by atoms with Crippen molar-refractivity contribution in [1.82, 2.24) is 13.9 Å². The summed E-state index contributed by atoms with van der Waals surface area (Å²) in [6, 6.07) is 20.0. The van der Waals surface area contributed by atoms with E-state index in [2.05, 4.69) is 47.1 Å². The van der Waals surface area contributed by atoms with E-state index >= 15 is 0 Å². The van der Waals surface area contributed by atoms with Crippen LogP contribution in [0.1, 0.15) is 16.7 Å². The summed E-state index contributed by atoms with van der Waals surface area (Å²) < 4.78 is 3.52. The van der Waals surface area contributed by atoms with Crippen LogP contribution in [-0.2, 0) is 6.54 Å². The lowest BCUT2D eigenvalue weighted by atomic mass is 10.1. The molecular formula is C27H29N5O2. The van der Waals surface area contributed by atoms with E-state index < -0.39 is 6.10 Å². The number of benzene rings is 2. The Bertz CT molecular complexity index is 1440. The zero-order valence-electron chi connectivity index (χ0n) is 19.6. The van der Waals surface area contributed by atoms with Gasteiger partial charge in [0, 0.05) is 44.5 Å². The monoisotopic (exact) mass is 455 g/mol. The molecule has 2 aromatic heterocycles. The molecule has 0 amide bonds. The molecular weight excluding hydrogens is 426 g/mol. The molecule has 0 saturated carbocycles. The first-order valence-corrected chi connectivity index (χ1v) is 11.7. The number of hydrogen-bond donors (Lipinski definition) is 1. The highest BCUT2D eigenvalue weighted by Gasteiger charge is 2.23. The number of aliphatic hydroxyl groups is 1. The summed E-state index contributed by atoms with van der Waals surface area (Å²) in [5.74, 6) is 0. The van der Waals surface area contributed by atoms with Crippen LogP contribution < -0.4 is 10.5 Å². The van der Waals surface area contributed by atoms with Crippen LogP contribution in [0.25, 0.3) is 16.7 Å². The molecule has 0 aliphatic carbocycles. The third kappa shape index (κ3) is 3.96. The number of fused-ring (bicyclic) bond motifs is 3. The zero-order chi connectivity index (χ0) is 23.8. The standard InChI is InChI=1S/C27H29N5O2/c1-19-7-9-21(10-8-19)30-13-11-29(12-14-30)17-22(33)18-31-24-5-3-4-6-25(24)32-26(34)15-20(2)23(16-28)27(31)32/h3-10,15,22,33H,11-14,17-18H2,1-2H3/t22-/m0/s1. The third-order valence-corrected chi connectivity index (χ3v) is 6.80. The molecule has 0 radical (unpaired) electrons. The summed E-state index contributed by atoms with van der Waals surface area (Å²) in [6.45, 7) is 8.31. The molecule has 7 heteroatoms. The predicted octanol–water partition coefficient (Wildman–Crippen LogP) is 2.93. The Morgan fingerprint density at radius 3 is 2.32 bits per heavy atom. The molecule has 4 aromatic rings. The first-order chi connectivity index (χ1) is 16.5. The van der Waals surface area contributed by atoms with Crippen LogP contribution in [0.5, 0.6) is 0 Å². The average molecular weight is 456 g/mol. The minimum Gasteiger partial charge on any atom is -0.390 e. The summed E-state index contributed by atoms with van der Waals surface area (Å²) in [5.41, 5.74) is 5.59. The van der Waals surface area contributed by atoms with Crippen LogP contribution in [0.4, 0.5) is 5.69 Å². The molecule has 7 nitrogen and oxygen atoms in total. The number of para-hydroxylation sites is 2. The van der Waals surface area contributed by atoms with Gasteiger partial charge in [-0.25, -0.2) is 0 Å². The molecule has 2 aromatic carbocycles. The van der Waals surface area contributed by atoms with Gasteiger partial charge in [0.2, 0.25) is 0 Å². The molecule has 0 spiro atoms. The molecule has 1 fully saturated rings. The number of nitrogens with zero attached hydrogens (tertiary/aromatic N) is 5. The average Bonchev–Trinajstić information content (AvgIpc) is 3.15. The van der Waals surface area contributed by atoms with Crippen LogP contribution in [0, 0.1) is 25.2 Å². The van der Waals surface area contributed by atoms with Crippen molar-refractivity contribution >= 4 is 22.4 Å². The van der Waals surface area contributed by atoms with Crippen molar-refractivity contribution in [2.45, 2.75) is 26.5 Å². The molecule has 1 saturated heterocycles. The van der Waals surface area contributed by atoms with Crippen molar-refractivity contribution in [2.24, 2.45) is 0 Å². The molecule has 174 valence electrons. The number of piperazine rings is 1. The second-order valence-corrected chi connectivity index (χ2v) is 9.19. The fraction of sp³-hybridized carbons (Fsp3) is 0.333. The van der Waals surface area contributed by atoms with Gasteiger partial charge in [-0.15, -0.1) is 0 Å². The van der Waals surface area contributed by atoms with Crippen LogP contribution >= 0.6 is 0 Å². The third-order valence-electron chi connectivity index (χ3n) is 6.80. The summed E-state index contributed by atoms with van der Waals surface area (Å²) in [5, 5.41) is 20.9. The van der Waals surface area contributed by atoms with Crippen molar-refractivity contribution in [3.05, 3.63) is 81.6 Å². The van der Waals surface area contributed by atoms with Gasteiger partial charge in [0.05, 0.1) is 29.2 Å². The second kappa shape index (κ2) is 8.98. The van der Waals surface area contributed by atoms with E-state index in [-0.39, 0.29) is 5.56 Å². The highest BCUT2D eigenvalue weighted by Crippen LogP contribution is 2.24. The van der Waals surface area contributed by atoms with Crippen molar-refractivity contribution < 1.29 is 5.11 Å². The van der Waals surface area contributed by atoms with Gasteiger partial charge in [-0.2, -0.15) is 5.26 Å². The molecule has 0 unspecified atom stereocenters. The molecule has 5 rings (SSSR count). The molecule has 1 N–H and O–H groups in total. The number of pyridine rings is 1. The molecule has 1 aliphatic rings. The van der Waals surface area contributed by atoms with Crippen LogP contribution in [0.2, 0.25) is 0 Å². The van der Waals surface area contributed by atoms with Gasteiger partial charge < -0.3 is 14.6 Å². The smallest absolute Gasteiger partial charge is 0.257 e. The van der Waals surface area contributed by atoms with Crippen molar-refractivity contribution in [1.29, 1.82) is 5.26 Å². The number of β-amino-alcohol motifs (C(OH)–C–C–N with tert-alkyl or cyclic N) is 1. The van der Waals surface area contributed by atoms with Crippen molar-refractivity contribution in [3.63, 3.8) is 0 Å². The fourth-order valence-corrected chi connectivity index (χ4v) is 5.03. The summed E-state index contributed by atoms with van der Waals surface area (Å²) >= 11 is 0. The first-order valence-electron chi connectivity index (χ1n) is 11.7. The maximum absolute atomic E-state index is 12.8. The van der Waals surface area contributed by atoms with Gasteiger partial charge in [-0.1, -0.05) is 29.8 Å². The first kappa shape index (κ1) is 22.2. The number of hydrogen-bond acceptors (Lipinski definition) is 5. The number of aliphatic hydroxyl groups excluding tert-OH is 1. The lowest BCUT2D eigenvalue weighted by Crippen LogP contribution is -2.49. The number of nitriles is 1. The normalized spacial score (nSPS) is 15.6. The molecule has 1 atom stereocenters. The Labute approximate surface area is 198 Å². The van der Waals surface area contributed by atoms with Gasteiger partial charge in [-0.05, 0) is 43.7 Å². The lowest BCUT2D eigenvalue weighted by molar-refractivity contribution is 0.0967. The van der Waals surface area contributed by atoms with E-state index in [0.29, 0.717) is 29.9 Å². The number of imidazole rings is 1. The van der Waals surface area contributed by atoms with Gasteiger partial charge in [0.1, 0.15) is 11.7 Å². The SMILES string of the molecule is Cc1ccc(N2CCN(C[C@H](O)Cn3c4ccccc4n4c(=O)cc(C)c(C#N)c34)CC2)cc1. The van der Waals surface area contributed by atoms with Crippen molar-refractivity contribution in [2.75, 3.05) is 37.6 Å². The number of aromatic nitrogens is 2. The fourth-order valence-electron chi connectivity index (χ4n) is 5.03. The highest BCUT2D eigenvalue weighted by atomic mass is 16.3. The van der Waals surface area contributed by atoms with E-state index in [1.165, 1.54) is 17.3 Å². The van der Waals surface area contributed by atoms with E-state index in [9.17, 15) is 15.2 Å². The second-order valence-electron chi connectivity index (χ2n) is 9.19. The van der Waals surface area contributed by atoms with Crippen LogP contribution in [0.3, 0.4) is 0 Å². The Morgan fingerprint density at radius 2 is 1.65 bits per heavy atom. The van der Waals surface area contributed by atoms with E-state index in [0.717, 1.165) is 37.2 Å². The van der Waals surface area contributed by atoms with Gasteiger partial charge in [0.15, 0.2) is 0 Å². The lowest BCUT2D eigenvalue weighted by Gasteiger charge is -2.37. The number of aryl methyl sites for hydroxylation is 2. The van der Waals surface area contributed by atoms with E-state index in [4.69, 9.17) is 0 Å². The Kier molecular flexibility index (Phi) is 5.86. The summed E-state index contributed by atoms with van der Waals surface area (Å²) in [4.78, 5) is 17.5. The summed E-state index contributed by atoms with van der Waals surface area (Å²) in [7, 11) is 0. The van der Waals surface area contributed by atoms with Crippen molar-refractivity contribution in [3.8, 4) is 6.07 Å². The molecule has 1 aliphatic heterocycles. The maximum Gasteiger partial charge on any atom is 0.257 e. The largest absolute Gasteiger partial charge is 0.390 e. The quantitative estimate of drug-likeness (QED) is 0.501. The molecule has 3 heterocycles. The Balaban J connectivity index is 1.37. The zero-order valence-corrected chi connectivity index (χ0v) is 19.6.